The van der Waals surface area contributed by atoms with Crippen LogP contribution in [0.25, 0.3) is 0 Å². The van der Waals surface area contributed by atoms with Crippen molar-refractivity contribution in [1.82, 2.24) is 20.6 Å². The normalized spacial score (nSPS) is 20.9. The van der Waals surface area contributed by atoms with Gasteiger partial charge in [-0.05, 0) is 70.0 Å². The molecule has 3 N–H and O–H groups in total. The van der Waals surface area contributed by atoms with Gasteiger partial charge in [-0.2, -0.15) is 4.98 Å². The highest BCUT2D eigenvalue weighted by Crippen LogP contribution is 2.29. The van der Waals surface area contributed by atoms with Crippen LogP contribution in [0.5, 0.6) is 0 Å². The second-order valence-electron chi connectivity index (χ2n) is 9.05. The first-order valence-corrected chi connectivity index (χ1v) is 12.4. The van der Waals surface area contributed by atoms with Crippen molar-refractivity contribution in [3.8, 4) is 0 Å². The van der Waals surface area contributed by atoms with Crippen molar-refractivity contribution in [1.29, 1.82) is 0 Å². The van der Waals surface area contributed by atoms with Gasteiger partial charge in [0.1, 0.15) is 5.82 Å². The van der Waals surface area contributed by atoms with Crippen LogP contribution in [-0.4, -0.2) is 47.8 Å². The number of rotatable bonds is 9. The van der Waals surface area contributed by atoms with Crippen LogP contribution in [0.15, 0.2) is 0 Å². The van der Waals surface area contributed by atoms with Crippen LogP contribution < -0.4 is 20.9 Å². The zero-order chi connectivity index (χ0) is 21.3. The second kappa shape index (κ2) is 11.7. The molecular weight excluding hydrogens is 392 g/mol. The van der Waals surface area contributed by atoms with Crippen molar-refractivity contribution in [2.45, 2.75) is 96.1 Å². The van der Waals surface area contributed by atoms with Gasteiger partial charge in [-0.1, -0.05) is 26.2 Å². The van der Waals surface area contributed by atoms with Crippen LogP contribution in [0.4, 0.5) is 11.8 Å². The van der Waals surface area contributed by atoms with Crippen LogP contribution in [0.2, 0.25) is 0 Å². The molecule has 0 radical (unpaired) electrons. The fourth-order valence-corrected chi connectivity index (χ4v) is 4.83. The van der Waals surface area contributed by atoms with E-state index in [0.717, 1.165) is 61.9 Å². The minimum atomic E-state index is 0.440. The first-order chi connectivity index (χ1) is 14.6. The van der Waals surface area contributed by atoms with Crippen molar-refractivity contribution < 1.29 is 0 Å². The van der Waals surface area contributed by atoms with Gasteiger partial charge in [0.2, 0.25) is 5.95 Å². The van der Waals surface area contributed by atoms with Gasteiger partial charge in [-0.3, -0.25) is 0 Å². The fourth-order valence-electron chi connectivity index (χ4n) is 4.56. The number of aryl methyl sites for hydroxylation is 1. The molecule has 30 heavy (non-hydrogen) atoms. The summed E-state index contributed by atoms with van der Waals surface area (Å²) < 4.78 is 0. The summed E-state index contributed by atoms with van der Waals surface area (Å²) in [4.78, 5) is 11.9. The largest absolute Gasteiger partial charge is 0.363 e. The van der Waals surface area contributed by atoms with Crippen molar-refractivity contribution >= 4 is 29.1 Å². The lowest BCUT2D eigenvalue weighted by molar-refractivity contribution is 0.385. The lowest BCUT2D eigenvalue weighted by atomic mass is 9.91. The molecule has 0 spiro atoms. The van der Waals surface area contributed by atoms with Crippen molar-refractivity contribution in [3.63, 3.8) is 0 Å². The number of aromatic nitrogens is 2. The van der Waals surface area contributed by atoms with E-state index in [2.05, 4.69) is 41.9 Å². The molecule has 1 aromatic rings. The molecule has 6 nitrogen and oxygen atoms in total. The van der Waals surface area contributed by atoms with Gasteiger partial charge in [0, 0.05) is 38.3 Å². The van der Waals surface area contributed by atoms with Crippen LogP contribution in [0, 0.1) is 0 Å². The molecule has 168 valence electrons. The fraction of sp³-hybridized carbons (Fsp3) is 0.783. The Morgan fingerprint density at radius 3 is 2.47 bits per heavy atom. The molecule has 0 bridgehead atoms. The SMILES string of the molecule is CCCCCCNC(=S)NC1CCC(Nc2nc3c(c(N(C)C)n2)CCCC3)CC1. The van der Waals surface area contributed by atoms with E-state index in [1.807, 2.05) is 0 Å². The number of nitrogens with one attached hydrogen (secondary N) is 3. The summed E-state index contributed by atoms with van der Waals surface area (Å²) in [6, 6.07) is 0.913. The third-order valence-corrected chi connectivity index (χ3v) is 6.56. The van der Waals surface area contributed by atoms with E-state index in [-0.39, 0.29) is 0 Å². The highest BCUT2D eigenvalue weighted by atomic mass is 32.1. The lowest BCUT2D eigenvalue weighted by Crippen LogP contribution is -2.45. The summed E-state index contributed by atoms with van der Waals surface area (Å²) in [5, 5.41) is 11.3. The molecule has 0 amide bonds. The summed E-state index contributed by atoms with van der Waals surface area (Å²) in [6.45, 7) is 3.22. The van der Waals surface area contributed by atoms with Gasteiger partial charge in [0.25, 0.3) is 0 Å². The Hall–Kier alpha value is -1.63. The van der Waals surface area contributed by atoms with Crippen molar-refractivity contribution in [2.24, 2.45) is 0 Å². The number of hydrogen-bond acceptors (Lipinski definition) is 5. The molecule has 3 rings (SSSR count). The Morgan fingerprint density at radius 2 is 1.73 bits per heavy atom. The Bertz CT molecular complexity index is 685. The average Bonchev–Trinajstić information content (AvgIpc) is 2.74. The molecule has 1 fully saturated rings. The molecule has 2 aliphatic rings. The van der Waals surface area contributed by atoms with Gasteiger partial charge >= 0.3 is 0 Å². The monoisotopic (exact) mass is 432 g/mol. The Labute approximate surface area is 188 Å². The Morgan fingerprint density at radius 1 is 1.00 bits per heavy atom. The molecule has 1 aromatic heterocycles. The maximum Gasteiger partial charge on any atom is 0.225 e. The summed E-state index contributed by atoms with van der Waals surface area (Å²) in [7, 11) is 4.16. The van der Waals surface area contributed by atoms with Gasteiger partial charge in [0.15, 0.2) is 5.11 Å². The highest BCUT2D eigenvalue weighted by molar-refractivity contribution is 7.80. The van der Waals surface area contributed by atoms with Gasteiger partial charge in [0.05, 0.1) is 5.69 Å². The maximum atomic E-state index is 5.48. The topological polar surface area (TPSA) is 65.1 Å². The van der Waals surface area contributed by atoms with Crippen molar-refractivity contribution in [2.75, 3.05) is 30.9 Å². The van der Waals surface area contributed by atoms with E-state index in [4.69, 9.17) is 22.2 Å². The molecule has 0 unspecified atom stereocenters. The molecule has 1 saturated carbocycles. The molecule has 2 aliphatic carbocycles. The molecule has 0 atom stereocenters. The smallest absolute Gasteiger partial charge is 0.225 e. The number of fused-ring (bicyclic) bond motifs is 1. The molecule has 0 aromatic carbocycles. The van der Waals surface area contributed by atoms with Crippen LogP contribution in [0.3, 0.4) is 0 Å². The molecular formula is C23H40N6S. The van der Waals surface area contributed by atoms with Crippen molar-refractivity contribution in [3.05, 3.63) is 11.3 Å². The van der Waals surface area contributed by atoms with Crippen LogP contribution in [-0.2, 0) is 12.8 Å². The average molecular weight is 433 g/mol. The van der Waals surface area contributed by atoms with E-state index in [0.29, 0.717) is 12.1 Å². The third kappa shape index (κ3) is 6.69. The minimum Gasteiger partial charge on any atom is -0.363 e. The van der Waals surface area contributed by atoms with E-state index >= 15 is 0 Å². The summed E-state index contributed by atoms with van der Waals surface area (Å²) >= 11 is 5.48. The second-order valence-corrected chi connectivity index (χ2v) is 9.46. The predicted molar refractivity (Wildman–Crippen MR) is 131 cm³/mol. The predicted octanol–water partition coefficient (Wildman–Crippen LogP) is 4.19. The standard InChI is InChI=1S/C23H40N6S/c1-4-5-6-9-16-24-23(30)26-18-14-12-17(13-15-18)25-22-27-20-11-8-7-10-19(20)21(28-22)29(2)3/h17-18H,4-16H2,1-3H3,(H2,24,26,30)(H,25,27,28). The maximum absolute atomic E-state index is 5.48. The van der Waals surface area contributed by atoms with E-state index < -0.39 is 0 Å². The lowest BCUT2D eigenvalue weighted by Gasteiger charge is -2.31. The Balaban J connectivity index is 1.45. The van der Waals surface area contributed by atoms with Gasteiger partial charge < -0.3 is 20.9 Å². The Kier molecular flexibility index (Phi) is 8.97. The molecule has 0 saturated heterocycles. The number of hydrogen-bond donors (Lipinski definition) is 3. The van der Waals surface area contributed by atoms with E-state index in [1.165, 1.54) is 49.8 Å². The van der Waals surface area contributed by atoms with Gasteiger partial charge in [-0.15, -0.1) is 0 Å². The summed E-state index contributed by atoms with van der Waals surface area (Å²) in [5.41, 5.74) is 2.59. The third-order valence-electron chi connectivity index (χ3n) is 6.30. The molecule has 1 heterocycles. The molecule has 7 heteroatoms. The van der Waals surface area contributed by atoms with Gasteiger partial charge in [-0.25, -0.2) is 4.98 Å². The zero-order valence-corrected chi connectivity index (χ0v) is 19.9. The first-order valence-electron chi connectivity index (χ1n) is 11.9. The first kappa shape index (κ1) is 23.0. The summed E-state index contributed by atoms with van der Waals surface area (Å²) in [6.07, 6.45) is 14.2. The van der Waals surface area contributed by atoms with E-state index in [1.54, 1.807) is 0 Å². The number of thiocarbonyl (C=S) groups is 1. The molecule has 0 aliphatic heterocycles. The highest BCUT2D eigenvalue weighted by Gasteiger charge is 2.24. The summed E-state index contributed by atoms with van der Waals surface area (Å²) in [5.74, 6) is 1.90. The van der Waals surface area contributed by atoms with Crippen LogP contribution in [0.1, 0.15) is 82.4 Å². The van der Waals surface area contributed by atoms with Crippen LogP contribution >= 0.6 is 12.2 Å². The quantitative estimate of drug-likeness (QED) is 0.399. The minimum absolute atomic E-state index is 0.440. The number of unbranched alkanes of at least 4 members (excludes halogenated alkanes) is 3. The number of nitrogens with zero attached hydrogens (tertiary/aromatic N) is 3. The van der Waals surface area contributed by atoms with E-state index in [9.17, 15) is 0 Å². The zero-order valence-electron chi connectivity index (χ0n) is 19.1. The number of anilines is 2.